The van der Waals surface area contributed by atoms with Crippen LogP contribution in [0, 0.1) is 6.92 Å². The first-order chi connectivity index (χ1) is 9.58. The van der Waals surface area contributed by atoms with Crippen LogP contribution in [0.5, 0.6) is 0 Å². The second-order valence-corrected chi connectivity index (χ2v) is 5.39. The van der Waals surface area contributed by atoms with Crippen molar-refractivity contribution in [3.05, 3.63) is 45.5 Å². The highest BCUT2D eigenvalue weighted by molar-refractivity contribution is 6.32. The van der Waals surface area contributed by atoms with Crippen LogP contribution in [0.2, 0.25) is 10.0 Å². The summed E-state index contributed by atoms with van der Waals surface area (Å²) in [6.45, 7) is 4.77. The molecule has 2 heterocycles. The van der Waals surface area contributed by atoms with Gasteiger partial charge in [-0.25, -0.2) is 0 Å². The van der Waals surface area contributed by atoms with E-state index >= 15 is 0 Å². The van der Waals surface area contributed by atoms with Crippen molar-refractivity contribution in [2.24, 2.45) is 0 Å². The predicted molar refractivity (Wildman–Crippen MR) is 82.4 cm³/mol. The molecular weight excluding hydrogens is 295 g/mol. The van der Waals surface area contributed by atoms with E-state index in [-0.39, 0.29) is 6.04 Å². The molecule has 0 saturated carbocycles. The second kappa shape index (κ2) is 6.57. The molecule has 0 radical (unpaired) electrons. The molecule has 20 heavy (non-hydrogen) atoms. The minimum atomic E-state index is 0.0735. The van der Waals surface area contributed by atoms with Crippen LogP contribution in [0.3, 0.4) is 0 Å². The van der Waals surface area contributed by atoms with E-state index in [9.17, 15) is 0 Å². The van der Waals surface area contributed by atoms with Crippen molar-refractivity contribution in [1.82, 2.24) is 20.1 Å². The lowest BCUT2D eigenvalue weighted by molar-refractivity contribution is 0.541. The number of hydrogen-bond acceptors (Lipinski definition) is 3. The molecule has 0 aromatic carbocycles. The maximum atomic E-state index is 6.36. The van der Waals surface area contributed by atoms with Gasteiger partial charge in [-0.1, -0.05) is 23.2 Å². The molecule has 0 saturated heterocycles. The molecular formula is C14H18Cl2N4. The van der Waals surface area contributed by atoms with Crippen LogP contribution in [0.4, 0.5) is 0 Å². The van der Waals surface area contributed by atoms with Gasteiger partial charge in [-0.2, -0.15) is 5.10 Å². The fraction of sp³-hybridized carbons (Fsp3) is 0.429. The monoisotopic (exact) mass is 312 g/mol. The van der Waals surface area contributed by atoms with Crippen LogP contribution in [-0.2, 0) is 13.0 Å². The Kier molecular flexibility index (Phi) is 5.02. The number of nitrogens with one attached hydrogen (secondary N) is 1. The van der Waals surface area contributed by atoms with Crippen molar-refractivity contribution >= 4 is 23.2 Å². The van der Waals surface area contributed by atoms with Crippen molar-refractivity contribution in [2.45, 2.75) is 32.9 Å². The summed E-state index contributed by atoms with van der Waals surface area (Å²) in [7, 11) is 1.91. The van der Waals surface area contributed by atoms with Gasteiger partial charge in [0.25, 0.3) is 0 Å². The second-order valence-electron chi connectivity index (χ2n) is 4.60. The lowest BCUT2D eigenvalue weighted by Gasteiger charge is -2.18. The molecule has 1 atom stereocenters. The Bertz CT molecular complexity index is 595. The summed E-state index contributed by atoms with van der Waals surface area (Å²) in [5, 5.41) is 9.12. The highest BCUT2D eigenvalue weighted by Crippen LogP contribution is 2.28. The lowest BCUT2D eigenvalue weighted by atomic mass is 10.0. The Balaban J connectivity index is 2.34. The summed E-state index contributed by atoms with van der Waals surface area (Å²) < 4.78 is 1.94. The van der Waals surface area contributed by atoms with E-state index in [1.54, 1.807) is 12.4 Å². The van der Waals surface area contributed by atoms with Gasteiger partial charge in [0.05, 0.1) is 21.4 Å². The molecule has 1 unspecified atom stereocenters. The molecule has 6 heteroatoms. The van der Waals surface area contributed by atoms with E-state index in [0.717, 1.165) is 34.9 Å². The van der Waals surface area contributed by atoms with E-state index < -0.39 is 0 Å². The smallest absolute Gasteiger partial charge is 0.0847 e. The highest BCUT2D eigenvalue weighted by Gasteiger charge is 2.19. The fourth-order valence-corrected chi connectivity index (χ4v) is 2.76. The summed E-state index contributed by atoms with van der Waals surface area (Å²) >= 11 is 12.6. The van der Waals surface area contributed by atoms with Gasteiger partial charge in [0.1, 0.15) is 0 Å². The standard InChI is InChI=1S/C14H18Cl2N4/c1-4-20-13(14(16)9(2)19-20)7-12(17-3)10-5-6-18-8-11(10)15/h5-6,8,12,17H,4,7H2,1-3H3. The zero-order valence-electron chi connectivity index (χ0n) is 11.8. The van der Waals surface area contributed by atoms with E-state index in [4.69, 9.17) is 23.2 Å². The van der Waals surface area contributed by atoms with Gasteiger partial charge < -0.3 is 5.32 Å². The molecule has 0 bridgehead atoms. The number of likely N-dealkylation sites (N-methyl/N-ethyl adjacent to an activating group) is 1. The highest BCUT2D eigenvalue weighted by atomic mass is 35.5. The van der Waals surface area contributed by atoms with Crippen LogP contribution in [0.1, 0.15) is 29.9 Å². The number of rotatable bonds is 5. The van der Waals surface area contributed by atoms with Gasteiger partial charge in [-0.15, -0.1) is 0 Å². The summed E-state index contributed by atoms with van der Waals surface area (Å²) in [5.41, 5.74) is 2.90. The molecule has 4 nitrogen and oxygen atoms in total. The average Bonchev–Trinajstić information content (AvgIpc) is 2.73. The van der Waals surface area contributed by atoms with Gasteiger partial charge in [-0.3, -0.25) is 9.67 Å². The molecule has 2 aromatic rings. The predicted octanol–water partition coefficient (Wildman–Crippen LogP) is 3.42. The first-order valence-corrected chi connectivity index (χ1v) is 7.32. The van der Waals surface area contributed by atoms with Crippen molar-refractivity contribution in [3.63, 3.8) is 0 Å². The third kappa shape index (κ3) is 2.97. The molecule has 0 amide bonds. The van der Waals surface area contributed by atoms with Gasteiger partial charge in [0.15, 0.2) is 0 Å². The molecule has 2 aromatic heterocycles. The normalized spacial score (nSPS) is 12.7. The zero-order valence-corrected chi connectivity index (χ0v) is 13.3. The van der Waals surface area contributed by atoms with Crippen LogP contribution >= 0.6 is 23.2 Å². The first-order valence-electron chi connectivity index (χ1n) is 6.56. The number of aromatic nitrogens is 3. The molecule has 0 fully saturated rings. The summed E-state index contributed by atoms with van der Waals surface area (Å²) in [4.78, 5) is 4.02. The van der Waals surface area contributed by atoms with Gasteiger partial charge >= 0.3 is 0 Å². The Hall–Kier alpha value is -1.10. The van der Waals surface area contributed by atoms with Crippen molar-refractivity contribution in [2.75, 3.05) is 7.05 Å². The third-order valence-electron chi connectivity index (χ3n) is 3.38. The molecule has 0 aliphatic carbocycles. The fourth-order valence-electron chi connectivity index (χ4n) is 2.29. The van der Waals surface area contributed by atoms with E-state index in [1.807, 2.05) is 24.7 Å². The van der Waals surface area contributed by atoms with Crippen molar-refractivity contribution in [3.8, 4) is 0 Å². The van der Waals surface area contributed by atoms with Crippen LogP contribution in [0.25, 0.3) is 0 Å². The maximum absolute atomic E-state index is 6.36. The topological polar surface area (TPSA) is 42.7 Å². The Morgan fingerprint density at radius 1 is 1.40 bits per heavy atom. The minimum Gasteiger partial charge on any atom is -0.313 e. The third-order valence-corrected chi connectivity index (χ3v) is 4.19. The number of hydrogen-bond donors (Lipinski definition) is 1. The number of pyridine rings is 1. The molecule has 2 rings (SSSR count). The number of halogens is 2. The summed E-state index contributed by atoms with van der Waals surface area (Å²) in [5.74, 6) is 0. The SMILES string of the molecule is CCn1nc(C)c(Cl)c1CC(NC)c1ccncc1Cl. The molecule has 0 aliphatic heterocycles. The summed E-state index contributed by atoms with van der Waals surface area (Å²) in [6.07, 6.45) is 4.13. The number of aryl methyl sites for hydroxylation is 2. The number of nitrogens with zero attached hydrogens (tertiary/aromatic N) is 3. The van der Waals surface area contributed by atoms with Gasteiger partial charge in [0.2, 0.25) is 0 Å². The van der Waals surface area contributed by atoms with E-state index in [0.29, 0.717) is 5.02 Å². The lowest BCUT2D eigenvalue weighted by Crippen LogP contribution is -2.21. The van der Waals surface area contributed by atoms with Crippen LogP contribution in [0.15, 0.2) is 18.5 Å². The molecule has 1 N–H and O–H groups in total. The minimum absolute atomic E-state index is 0.0735. The van der Waals surface area contributed by atoms with Crippen LogP contribution < -0.4 is 5.32 Å². The Morgan fingerprint density at radius 2 is 2.15 bits per heavy atom. The largest absolute Gasteiger partial charge is 0.313 e. The molecule has 108 valence electrons. The molecule has 0 spiro atoms. The molecule has 0 aliphatic rings. The van der Waals surface area contributed by atoms with Gasteiger partial charge in [-0.05, 0) is 32.5 Å². The maximum Gasteiger partial charge on any atom is 0.0847 e. The zero-order chi connectivity index (χ0) is 14.7. The quantitative estimate of drug-likeness (QED) is 0.920. The van der Waals surface area contributed by atoms with E-state index in [2.05, 4.69) is 22.3 Å². The van der Waals surface area contributed by atoms with Crippen LogP contribution in [-0.4, -0.2) is 21.8 Å². The van der Waals surface area contributed by atoms with Crippen molar-refractivity contribution in [1.29, 1.82) is 0 Å². The Labute approximate surface area is 129 Å². The van der Waals surface area contributed by atoms with Crippen molar-refractivity contribution < 1.29 is 0 Å². The summed E-state index contributed by atoms with van der Waals surface area (Å²) in [6, 6.07) is 2.00. The van der Waals surface area contributed by atoms with Gasteiger partial charge in [0, 0.05) is 31.4 Å². The first kappa shape index (κ1) is 15.3. The average molecular weight is 313 g/mol. The van der Waals surface area contributed by atoms with E-state index in [1.165, 1.54) is 0 Å². The Morgan fingerprint density at radius 3 is 2.75 bits per heavy atom.